The van der Waals surface area contributed by atoms with E-state index < -0.39 is 0 Å². The van der Waals surface area contributed by atoms with Crippen LogP contribution in [0.25, 0.3) is 0 Å². The summed E-state index contributed by atoms with van der Waals surface area (Å²) in [6, 6.07) is 1.83. The second-order valence-corrected chi connectivity index (χ2v) is 5.25. The number of anilines is 1. The number of pyridine rings is 1. The van der Waals surface area contributed by atoms with E-state index in [0.29, 0.717) is 35.6 Å². The topological polar surface area (TPSA) is 70.6 Å². The number of nitrogens with zero attached hydrogens (tertiary/aromatic N) is 2. The zero-order chi connectivity index (χ0) is 15.7. The zero-order valence-electron chi connectivity index (χ0n) is 12.8. The van der Waals surface area contributed by atoms with Gasteiger partial charge in [0, 0.05) is 39.5 Å². The van der Waals surface area contributed by atoms with Gasteiger partial charge >= 0.3 is 0 Å². The molecule has 0 spiro atoms. The van der Waals surface area contributed by atoms with Crippen molar-refractivity contribution in [1.82, 2.24) is 15.6 Å². The molecule has 1 atom stereocenters. The predicted octanol–water partition coefficient (Wildman–Crippen LogP) is 2.62. The normalized spacial score (nSPS) is 12.3. The van der Waals surface area contributed by atoms with Crippen molar-refractivity contribution in [1.29, 1.82) is 0 Å². The summed E-state index contributed by atoms with van der Waals surface area (Å²) in [7, 11) is 3.39. The van der Waals surface area contributed by atoms with Gasteiger partial charge in [0.2, 0.25) is 0 Å². The van der Waals surface area contributed by atoms with E-state index in [-0.39, 0.29) is 30.0 Å². The maximum atomic E-state index is 6.02. The molecule has 0 aliphatic heterocycles. The summed E-state index contributed by atoms with van der Waals surface area (Å²) >= 11 is 11.8. The van der Waals surface area contributed by atoms with Gasteiger partial charge in [-0.1, -0.05) is 23.2 Å². The Kier molecular flexibility index (Phi) is 11.7. The predicted molar refractivity (Wildman–Crippen MR) is 104 cm³/mol. The molecule has 0 aliphatic carbocycles. The summed E-state index contributed by atoms with van der Waals surface area (Å²) < 4.78 is 5.06. The molecule has 9 heteroatoms. The number of methoxy groups -OCH3 is 1. The van der Waals surface area contributed by atoms with Crippen molar-refractivity contribution in [3.63, 3.8) is 0 Å². The number of rotatable bonds is 7. The first-order valence-electron chi connectivity index (χ1n) is 6.57. The molecule has 0 radical (unpaired) electrons. The number of hydrogen-bond acceptors (Lipinski definition) is 4. The molecule has 22 heavy (non-hydrogen) atoms. The molecule has 0 saturated carbocycles. The van der Waals surface area contributed by atoms with E-state index in [9.17, 15) is 0 Å². The molecule has 1 heterocycles. The number of aliphatic imine (C=N–C) groups is 1. The van der Waals surface area contributed by atoms with Crippen LogP contribution in [0.15, 0.2) is 17.3 Å². The fourth-order valence-electron chi connectivity index (χ4n) is 1.63. The van der Waals surface area contributed by atoms with Gasteiger partial charge in [-0.15, -0.1) is 24.0 Å². The molecular weight excluding hydrogens is 440 g/mol. The lowest BCUT2D eigenvalue weighted by Gasteiger charge is -2.17. The molecule has 0 fully saturated rings. The Morgan fingerprint density at radius 1 is 1.41 bits per heavy atom. The highest BCUT2D eigenvalue weighted by molar-refractivity contribution is 14.0. The van der Waals surface area contributed by atoms with E-state index >= 15 is 0 Å². The number of aromatic nitrogens is 1. The van der Waals surface area contributed by atoms with Crippen LogP contribution in [0.3, 0.4) is 0 Å². The minimum atomic E-state index is 0. The molecule has 0 bridgehead atoms. The maximum absolute atomic E-state index is 6.02. The third kappa shape index (κ3) is 8.21. The highest BCUT2D eigenvalue weighted by atomic mass is 127. The van der Waals surface area contributed by atoms with Crippen LogP contribution in [0.4, 0.5) is 5.82 Å². The van der Waals surface area contributed by atoms with Gasteiger partial charge in [-0.25, -0.2) is 4.98 Å². The van der Waals surface area contributed by atoms with Gasteiger partial charge in [0.15, 0.2) is 5.96 Å². The molecule has 0 amide bonds. The highest BCUT2D eigenvalue weighted by Gasteiger charge is 2.05. The Hall–Kier alpha value is -0.510. The monoisotopic (exact) mass is 461 g/mol. The van der Waals surface area contributed by atoms with E-state index in [2.05, 4.69) is 25.9 Å². The second-order valence-electron chi connectivity index (χ2n) is 4.41. The molecule has 126 valence electrons. The Morgan fingerprint density at radius 2 is 2.14 bits per heavy atom. The summed E-state index contributed by atoms with van der Waals surface area (Å²) in [6.07, 6.45) is 1.55. The lowest BCUT2D eigenvalue weighted by molar-refractivity contribution is 0.179. The van der Waals surface area contributed by atoms with E-state index in [1.54, 1.807) is 26.4 Å². The Bertz CT molecular complexity index is 476. The van der Waals surface area contributed by atoms with Crippen LogP contribution in [-0.2, 0) is 4.74 Å². The molecular formula is C13H22Cl2IN5O. The van der Waals surface area contributed by atoms with Crippen LogP contribution < -0.4 is 16.0 Å². The first-order chi connectivity index (χ1) is 10.1. The summed E-state index contributed by atoms with van der Waals surface area (Å²) in [4.78, 5) is 8.26. The van der Waals surface area contributed by atoms with Crippen molar-refractivity contribution in [3.05, 3.63) is 22.3 Å². The van der Waals surface area contributed by atoms with Gasteiger partial charge in [0.05, 0.1) is 16.7 Å². The number of halogens is 3. The summed E-state index contributed by atoms with van der Waals surface area (Å²) in [5.74, 6) is 1.33. The van der Waals surface area contributed by atoms with Crippen LogP contribution in [0, 0.1) is 0 Å². The fourth-order valence-corrected chi connectivity index (χ4v) is 2.07. The molecule has 0 saturated heterocycles. The smallest absolute Gasteiger partial charge is 0.191 e. The molecule has 1 aromatic rings. The lowest BCUT2D eigenvalue weighted by atomic mass is 10.4. The summed E-state index contributed by atoms with van der Waals surface area (Å²) in [5.41, 5.74) is 0. The number of ether oxygens (including phenoxy) is 1. The third-order valence-corrected chi connectivity index (χ3v) is 3.04. The standard InChI is InChI=1S/C13H21Cl2N5O.HI/c1-9(8-21-3)20-13(16-2)18-5-4-17-12-11(15)6-10(14)7-19-12;/h6-7,9H,4-5,8H2,1-3H3,(H,17,19)(H2,16,18,20);1H. The largest absolute Gasteiger partial charge is 0.383 e. The quantitative estimate of drug-likeness (QED) is 0.252. The van der Waals surface area contributed by atoms with Gasteiger partial charge in [-0.3, -0.25) is 4.99 Å². The van der Waals surface area contributed by atoms with Crippen molar-refractivity contribution in [3.8, 4) is 0 Å². The van der Waals surface area contributed by atoms with Gasteiger partial charge in [-0.2, -0.15) is 0 Å². The maximum Gasteiger partial charge on any atom is 0.191 e. The average molecular weight is 462 g/mol. The minimum Gasteiger partial charge on any atom is -0.383 e. The van der Waals surface area contributed by atoms with Gasteiger partial charge < -0.3 is 20.7 Å². The van der Waals surface area contributed by atoms with Crippen molar-refractivity contribution < 1.29 is 4.74 Å². The molecule has 0 aromatic carbocycles. The van der Waals surface area contributed by atoms with E-state index in [0.717, 1.165) is 5.96 Å². The summed E-state index contributed by atoms with van der Waals surface area (Å²) in [6.45, 7) is 3.95. The van der Waals surface area contributed by atoms with E-state index in [4.69, 9.17) is 27.9 Å². The number of hydrogen-bond donors (Lipinski definition) is 3. The van der Waals surface area contributed by atoms with Crippen molar-refractivity contribution in [2.24, 2.45) is 4.99 Å². The molecule has 3 N–H and O–H groups in total. The van der Waals surface area contributed by atoms with E-state index in [1.807, 2.05) is 6.92 Å². The van der Waals surface area contributed by atoms with Crippen LogP contribution in [-0.4, -0.2) is 50.8 Å². The number of nitrogens with one attached hydrogen (secondary N) is 3. The van der Waals surface area contributed by atoms with Crippen molar-refractivity contribution in [2.75, 3.05) is 39.2 Å². The van der Waals surface area contributed by atoms with E-state index in [1.165, 1.54) is 0 Å². The molecule has 1 aromatic heterocycles. The SMILES string of the molecule is CN=C(NCCNc1ncc(Cl)cc1Cl)NC(C)COC.I. The highest BCUT2D eigenvalue weighted by Crippen LogP contribution is 2.21. The van der Waals surface area contributed by atoms with Crippen LogP contribution in [0.2, 0.25) is 10.0 Å². The lowest BCUT2D eigenvalue weighted by Crippen LogP contribution is -2.45. The summed E-state index contributed by atoms with van der Waals surface area (Å²) in [5, 5.41) is 10.5. The van der Waals surface area contributed by atoms with Crippen LogP contribution in [0.1, 0.15) is 6.92 Å². The third-order valence-electron chi connectivity index (χ3n) is 2.54. The van der Waals surface area contributed by atoms with Gasteiger partial charge in [-0.05, 0) is 13.0 Å². The molecule has 1 rings (SSSR count). The Labute approximate surface area is 158 Å². The second kappa shape index (κ2) is 12.0. The fraction of sp³-hybridized carbons (Fsp3) is 0.538. The first kappa shape index (κ1) is 21.5. The Morgan fingerprint density at radius 3 is 2.73 bits per heavy atom. The Balaban J connectivity index is 0.00000441. The van der Waals surface area contributed by atoms with Crippen molar-refractivity contribution >= 4 is 59.0 Å². The van der Waals surface area contributed by atoms with Gasteiger partial charge in [0.1, 0.15) is 5.82 Å². The average Bonchev–Trinajstić information content (AvgIpc) is 2.44. The van der Waals surface area contributed by atoms with Crippen LogP contribution in [0.5, 0.6) is 0 Å². The number of guanidine groups is 1. The van der Waals surface area contributed by atoms with Crippen molar-refractivity contribution in [2.45, 2.75) is 13.0 Å². The van der Waals surface area contributed by atoms with Gasteiger partial charge in [0.25, 0.3) is 0 Å². The molecule has 0 aliphatic rings. The first-order valence-corrected chi connectivity index (χ1v) is 7.33. The minimum absolute atomic E-state index is 0. The van der Waals surface area contributed by atoms with Crippen LogP contribution >= 0.6 is 47.2 Å². The molecule has 1 unspecified atom stereocenters. The zero-order valence-corrected chi connectivity index (χ0v) is 16.7. The molecule has 6 nitrogen and oxygen atoms in total.